The lowest BCUT2D eigenvalue weighted by molar-refractivity contribution is 0.295. The summed E-state index contributed by atoms with van der Waals surface area (Å²) in [4.78, 5) is 8.39. The molecule has 6 aromatic carbocycles. The van der Waals surface area contributed by atoms with E-state index in [9.17, 15) is 30.6 Å². The van der Waals surface area contributed by atoms with Crippen LogP contribution in [0.3, 0.4) is 0 Å². The predicted molar refractivity (Wildman–Crippen MR) is 337 cm³/mol. The number of aliphatic hydroxyl groups is 2. The van der Waals surface area contributed by atoms with Crippen LogP contribution >= 0.6 is 0 Å². The van der Waals surface area contributed by atoms with Crippen molar-refractivity contribution in [2.45, 2.75) is 157 Å². The third-order valence-corrected chi connectivity index (χ3v) is 15.7. The number of benzene rings is 6. The van der Waals surface area contributed by atoms with E-state index in [2.05, 4.69) is 162 Å². The largest absolute Gasteiger partial charge is 0.507 e. The van der Waals surface area contributed by atoms with Gasteiger partial charge in [0.2, 0.25) is 0 Å². The Bertz CT molecular complexity index is 3470. The summed E-state index contributed by atoms with van der Waals surface area (Å²) < 4.78 is 17.6. The van der Waals surface area contributed by atoms with Crippen LogP contribution in [-0.2, 0) is 73.6 Å². The fourth-order valence-electron chi connectivity index (χ4n) is 10.7. The molecule has 0 radical (unpaired) electrons. The molecule has 452 valence electrons. The minimum absolute atomic E-state index is 0.0770. The molecular formula is C70H84N8O8. The zero-order valence-electron chi connectivity index (χ0n) is 52.0. The molecular weight excluding hydrogens is 1080 g/mol. The second-order valence-electron chi connectivity index (χ2n) is 26.9. The molecule has 0 saturated carbocycles. The molecule has 8 aromatic rings. The summed E-state index contributed by atoms with van der Waals surface area (Å²) in [6, 6.07) is 27.8. The number of rotatable bonds is 16. The van der Waals surface area contributed by atoms with Gasteiger partial charge in [-0.15, -0.1) is 10.2 Å². The van der Waals surface area contributed by atoms with Crippen LogP contribution in [0.1, 0.15) is 183 Å². The maximum atomic E-state index is 12.9. The molecule has 0 amide bonds. The van der Waals surface area contributed by atoms with Crippen LogP contribution in [0, 0.1) is 0 Å². The Morgan fingerprint density at radius 2 is 0.744 bits per heavy atom. The van der Waals surface area contributed by atoms with Crippen molar-refractivity contribution in [2.75, 3.05) is 26.3 Å². The summed E-state index contributed by atoms with van der Waals surface area (Å²) in [5.41, 5.74) is 13.5. The fraction of sp³-hybridized carbons (Fsp3) is 0.400. The van der Waals surface area contributed by atoms with Crippen molar-refractivity contribution in [3.63, 3.8) is 0 Å². The molecule has 0 aliphatic heterocycles. The first-order valence-electron chi connectivity index (χ1n) is 29.5. The summed E-state index contributed by atoms with van der Waals surface area (Å²) in [6.07, 6.45) is 8.07. The number of aliphatic imine (C=N–C) groups is 2. The van der Waals surface area contributed by atoms with Gasteiger partial charge in [0.05, 0.1) is 51.8 Å². The summed E-state index contributed by atoms with van der Waals surface area (Å²) >= 11 is 0. The third kappa shape index (κ3) is 15.0. The number of hydrogen-bond acceptors (Lipinski definition) is 14. The molecule has 16 heteroatoms. The fourth-order valence-corrected chi connectivity index (χ4v) is 10.7. The lowest BCUT2D eigenvalue weighted by Crippen LogP contribution is -2.16. The average Bonchev–Trinajstić information content (AvgIpc) is 1.03. The van der Waals surface area contributed by atoms with Crippen molar-refractivity contribution >= 4 is 12.4 Å². The van der Waals surface area contributed by atoms with Gasteiger partial charge >= 0.3 is 0 Å². The average molecular weight is 1170 g/mol. The highest BCUT2D eigenvalue weighted by molar-refractivity contribution is 5.84. The molecule has 0 saturated heterocycles. The zero-order chi connectivity index (χ0) is 61.9. The van der Waals surface area contributed by atoms with E-state index in [1.54, 1.807) is 33.9 Å². The SMILES string of the molecule is CC(C)(C)c1cc2c(O)c(c1)Cc1cc(C(C)(C)C)cc(c1OCc1cn(Cc3ccc(O)c(C=NCCO)c3)nn1)Cc1cc(C(C)(C)C)cc(c1O)Cc1cc(C(C)(C)C)cc(c1OCc1cn(Cc3ccc(O)c(C=NCCO)c3)nn1)C2. The standard InChI is InChI=1S/C70H84N8O8/c1-67(2,3)55-27-45-23-49-31-57(69(7,8)9)33-51(65(49)85-41-59-39-77(75-73-59)37-43-13-15-61(81)53(21-43)35-71-17-19-79)25-47-29-56(68(4,5)6)30-48(64(47)84)26-52-34-58(70(10,11)12)32-50(24-46(28-55)63(45)83)66(52)86-42-60-40-78(76-74-60)38-44-14-16-62(82)54(22-44)36-72-18-20-80/h13-16,21-22,27-36,39-40,79-84H,17-20,23-26,37-38,41-42H2,1-12H3. The van der Waals surface area contributed by atoms with Crippen molar-refractivity contribution in [1.29, 1.82) is 0 Å². The van der Waals surface area contributed by atoms with Crippen LogP contribution in [0.5, 0.6) is 34.5 Å². The Hall–Kier alpha value is -8.34. The summed E-state index contributed by atoms with van der Waals surface area (Å²) in [6.45, 7) is 27.5. The highest BCUT2D eigenvalue weighted by Gasteiger charge is 2.29. The van der Waals surface area contributed by atoms with Crippen LogP contribution in [0.25, 0.3) is 0 Å². The molecule has 2 heterocycles. The van der Waals surface area contributed by atoms with Gasteiger partial charge in [0.1, 0.15) is 59.1 Å². The third-order valence-electron chi connectivity index (χ3n) is 15.7. The smallest absolute Gasteiger partial charge is 0.134 e. The van der Waals surface area contributed by atoms with Gasteiger partial charge < -0.3 is 40.1 Å². The van der Waals surface area contributed by atoms with Crippen molar-refractivity contribution in [3.8, 4) is 34.5 Å². The molecule has 6 N–H and O–H groups in total. The maximum absolute atomic E-state index is 12.9. The number of aromatic hydroxyl groups is 4. The Labute approximate surface area is 505 Å². The van der Waals surface area contributed by atoms with Gasteiger partial charge in [-0.25, -0.2) is 9.36 Å². The van der Waals surface area contributed by atoms with E-state index in [0.29, 0.717) is 72.8 Å². The monoisotopic (exact) mass is 1160 g/mol. The summed E-state index contributed by atoms with van der Waals surface area (Å²) in [5.74, 6) is 1.81. The van der Waals surface area contributed by atoms with Gasteiger partial charge in [-0.1, -0.05) is 154 Å². The number of phenolic OH excluding ortho intramolecular Hbond substituents is 4. The van der Waals surface area contributed by atoms with Gasteiger partial charge in [0.15, 0.2) is 0 Å². The van der Waals surface area contributed by atoms with E-state index >= 15 is 0 Å². The molecule has 1 aliphatic carbocycles. The number of phenols is 4. The molecule has 86 heavy (non-hydrogen) atoms. The van der Waals surface area contributed by atoms with Crippen molar-refractivity contribution in [3.05, 3.63) is 198 Å². The Morgan fingerprint density at radius 1 is 0.442 bits per heavy atom. The van der Waals surface area contributed by atoms with Gasteiger partial charge in [-0.2, -0.15) is 0 Å². The van der Waals surface area contributed by atoms with Crippen LogP contribution in [0.4, 0.5) is 0 Å². The van der Waals surface area contributed by atoms with Crippen LogP contribution in [0.2, 0.25) is 0 Å². The van der Waals surface area contributed by atoms with Crippen molar-refractivity contribution in [1.82, 2.24) is 30.0 Å². The van der Waals surface area contributed by atoms with E-state index < -0.39 is 0 Å². The van der Waals surface area contributed by atoms with E-state index in [4.69, 9.17) is 9.47 Å². The van der Waals surface area contributed by atoms with Crippen LogP contribution in [-0.4, -0.2) is 99.4 Å². The molecule has 1 aliphatic rings. The first-order chi connectivity index (χ1) is 40.6. The molecule has 0 unspecified atom stereocenters. The summed E-state index contributed by atoms with van der Waals surface area (Å²) in [7, 11) is 0. The molecule has 0 atom stereocenters. The number of ether oxygens (including phenoxy) is 2. The van der Waals surface area contributed by atoms with Crippen LogP contribution < -0.4 is 9.47 Å². The first kappa shape index (κ1) is 62.2. The molecule has 2 aromatic heterocycles. The first-order valence-corrected chi connectivity index (χ1v) is 29.5. The zero-order valence-corrected chi connectivity index (χ0v) is 52.0. The van der Waals surface area contributed by atoms with E-state index in [0.717, 1.165) is 77.9 Å². The molecule has 0 spiro atoms. The number of aliphatic hydroxyl groups excluding tert-OH is 2. The molecule has 8 bridgehead atoms. The number of fused-ring (bicyclic) bond motifs is 8. The number of aromatic nitrogens is 6. The van der Waals surface area contributed by atoms with E-state index in [-0.39, 0.29) is 84.2 Å². The molecule has 0 fully saturated rings. The van der Waals surface area contributed by atoms with E-state index in [1.807, 2.05) is 36.7 Å². The van der Waals surface area contributed by atoms with Crippen molar-refractivity contribution in [2.24, 2.45) is 9.98 Å². The Morgan fingerprint density at radius 3 is 1.03 bits per heavy atom. The van der Waals surface area contributed by atoms with Gasteiger partial charge in [0.25, 0.3) is 0 Å². The lowest BCUT2D eigenvalue weighted by atomic mass is 9.79. The lowest BCUT2D eigenvalue weighted by Gasteiger charge is -2.28. The summed E-state index contributed by atoms with van der Waals surface area (Å²) in [5, 5.41) is 83.3. The quantitative estimate of drug-likeness (QED) is 0.0497. The maximum Gasteiger partial charge on any atom is 0.134 e. The minimum atomic E-state index is -0.305. The van der Waals surface area contributed by atoms with Crippen LogP contribution in [0.15, 0.2) is 107 Å². The van der Waals surface area contributed by atoms with Gasteiger partial charge in [0, 0.05) is 49.2 Å². The Kier molecular flexibility index (Phi) is 18.3. The molecule has 16 nitrogen and oxygen atoms in total. The highest BCUT2D eigenvalue weighted by atomic mass is 16.5. The number of hydrogen-bond donors (Lipinski definition) is 6. The number of nitrogens with zero attached hydrogens (tertiary/aromatic N) is 8. The van der Waals surface area contributed by atoms with Gasteiger partial charge in [-0.05, 0) is 124 Å². The highest BCUT2D eigenvalue weighted by Crippen LogP contribution is 2.44. The van der Waals surface area contributed by atoms with Crippen molar-refractivity contribution < 1.29 is 40.1 Å². The minimum Gasteiger partial charge on any atom is -0.507 e. The topological polar surface area (TPSA) is 226 Å². The second kappa shape index (κ2) is 25.3. The van der Waals surface area contributed by atoms with Gasteiger partial charge in [-0.3, -0.25) is 9.98 Å². The normalized spacial score (nSPS) is 13.3. The Balaban J connectivity index is 1.16. The second-order valence-corrected chi connectivity index (χ2v) is 26.9. The predicted octanol–water partition coefficient (Wildman–Crippen LogP) is 11.6. The van der Waals surface area contributed by atoms with E-state index in [1.165, 1.54) is 0 Å². The molecule has 9 rings (SSSR count).